The number of non-ortho nitro benzene ring substituents is 1. The molecule has 1 aromatic carbocycles. The van der Waals surface area contributed by atoms with Crippen LogP contribution in [0.2, 0.25) is 0 Å². The van der Waals surface area contributed by atoms with E-state index in [1.54, 1.807) is 6.07 Å². The highest BCUT2D eigenvalue weighted by Crippen LogP contribution is 2.32. The molecule has 1 N–H and O–H groups in total. The van der Waals surface area contributed by atoms with Crippen molar-refractivity contribution in [2.75, 3.05) is 5.32 Å². The van der Waals surface area contributed by atoms with Crippen molar-refractivity contribution in [1.82, 2.24) is 0 Å². The third-order valence-corrected chi connectivity index (χ3v) is 2.24. The van der Waals surface area contributed by atoms with Crippen molar-refractivity contribution in [1.29, 1.82) is 0 Å². The first-order valence-corrected chi connectivity index (χ1v) is 4.85. The van der Waals surface area contributed by atoms with E-state index in [-0.39, 0.29) is 5.69 Å². The molecule has 0 spiro atoms. The molecule has 1 aromatic rings. The van der Waals surface area contributed by atoms with Crippen molar-refractivity contribution in [2.45, 2.75) is 13.8 Å². The fourth-order valence-corrected chi connectivity index (χ4v) is 1.62. The average Bonchev–Trinajstić information content (AvgIpc) is 2.32. The number of nitrogens with zero attached hydrogens (tertiary/aromatic N) is 2. The van der Waals surface area contributed by atoms with Gasteiger partial charge in [-0.1, -0.05) is 0 Å². The Hall–Kier alpha value is -2.17. The summed E-state index contributed by atoms with van der Waals surface area (Å²) in [5, 5.41) is 13.7. The molecule has 0 amide bonds. The molecule has 5 nitrogen and oxygen atoms in total. The molecule has 0 atom stereocenters. The fraction of sp³-hybridized carbons (Fsp3) is 0.182. The summed E-state index contributed by atoms with van der Waals surface area (Å²) in [4.78, 5) is 14.6. The smallest absolute Gasteiger partial charge is 0.271 e. The Bertz CT molecular complexity index is 518. The number of rotatable bonds is 1. The number of benzene rings is 1. The molecule has 5 heteroatoms. The Morgan fingerprint density at radius 2 is 2.12 bits per heavy atom. The summed E-state index contributed by atoms with van der Waals surface area (Å²) in [6.07, 6.45) is 1.89. The molecule has 1 aliphatic heterocycles. The lowest BCUT2D eigenvalue weighted by Crippen LogP contribution is -1.96. The molecule has 2 rings (SSSR count). The van der Waals surface area contributed by atoms with Crippen molar-refractivity contribution in [2.24, 2.45) is 4.99 Å². The predicted molar refractivity (Wildman–Crippen MR) is 63.2 cm³/mol. The van der Waals surface area contributed by atoms with Gasteiger partial charge in [-0.2, -0.15) is 0 Å². The standard InChI is InChI=1S/C11H11N3O2/c1-7-5-8(2)13-11-6-9(14(15)16)3-4-10(11)12-7/h3-6,13H,1-2H3. The lowest BCUT2D eigenvalue weighted by Gasteiger charge is -2.06. The van der Waals surface area contributed by atoms with Gasteiger partial charge in [0.25, 0.3) is 5.69 Å². The highest BCUT2D eigenvalue weighted by atomic mass is 16.6. The number of allylic oxidation sites excluding steroid dienone is 2. The van der Waals surface area contributed by atoms with E-state index in [1.807, 2.05) is 19.9 Å². The lowest BCUT2D eigenvalue weighted by molar-refractivity contribution is -0.384. The van der Waals surface area contributed by atoms with Gasteiger partial charge in [0.1, 0.15) is 0 Å². The van der Waals surface area contributed by atoms with Gasteiger partial charge in [-0.05, 0) is 26.0 Å². The molecule has 1 heterocycles. The van der Waals surface area contributed by atoms with Gasteiger partial charge in [0, 0.05) is 23.5 Å². The molecule has 0 saturated heterocycles. The fourth-order valence-electron chi connectivity index (χ4n) is 1.62. The molecule has 0 radical (unpaired) electrons. The molecule has 1 aliphatic rings. The molecule has 0 fully saturated rings. The van der Waals surface area contributed by atoms with E-state index in [2.05, 4.69) is 10.3 Å². The third kappa shape index (κ3) is 1.93. The van der Waals surface area contributed by atoms with Gasteiger partial charge in [-0.3, -0.25) is 15.1 Å². The van der Waals surface area contributed by atoms with Crippen molar-refractivity contribution >= 4 is 22.8 Å². The Morgan fingerprint density at radius 1 is 1.38 bits per heavy atom. The Morgan fingerprint density at radius 3 is 2.81 bits per heavy atom. The number of hydrogen-bond donors (Lipinski definition) is 1. The first kappa shape index (κ1) is 10.4. The van der Waals surface area contributed by atoms with E-state index in [4.69, 9.17) is 0 Å². The number of anilines is 1. The first-order valence-electron chi connectivity index (χ1n) is 4.85. The summed E-state index contributed by atoms with van der Waals surface area (Å²) in [5.74, 6) is 0. The van der Waals surface area contributed by atoms with Crippen LogP contribution in [0.3, 0.4) is 0 Å². The quantitative estimate of drug-likeness (QED) is 0.580. The molecule has 82 valence electrons. The minimum absolute atomic E-state index is 0.0637. The van der Waals surface area contributed by atoms with Crippen LogP contribution in [0.15, 0.2) is 35.0 Å². The summed E-state index contributed by atoms with van der Waals surface area (Å²) in [5.41, 5.74) is 3.24. The van der Waals surface area contributed by atoms with E-state index in [0.29, 0.717) is 5.69 Å². The second-order valence-corrected chi connectivity index (χ2v) is 3.66. The maximum absolute atomic E-state index is 10.6. The highest BCUT2D eigenvalue weighted by Gasteiger charge is 2.12. The van der Waals surface area contributed by atoms with Crippen LogP contribution in [0.5, 0.6) is 0 Å². The molecule has 0 aromatic heterocycles. The number of nitro benzene ring substituents is 1. The van der Waals surface area contributed by atoms with Crippen molar-refractivity contribution in [3.05, 3.63) is 40.1 Å². The average molecular weight is 217 g/mol. The zero-order valence-corrected chi connectivity index (χ0v) is 9.02. The number of aliphatic imine (C=N–C) groups is 1. The number of fused-ring (bicyclic) bond motifs is 1. The normalized spacial score (nSPS) is 14.1. The van der Waals surface area contributed by atoms with Gasteiger partial charge in [-0.15, -0.1) is 0 Å². The van der Waals surface area contributed by atoms with Gasteiger partial charge in [0.05, 0.1) is 16.3 Å². The molecule has 0 unspecified atom stereocenters. The highest BCUT2D eigenvalue weighted by molar-refractivity contribution is 5.98. The van der Waals surface area contributed by atoms with Crippen molar-refractivity contribution in [3.8, 4) is 0 Å². The monoisotopic (exact) mass is 217 g/mol. The molecule has 0 saturated carbocycles. The van der Waals surface area contributed by atoms with Gasteiger partial charge < -0.3 is 5.32 Å². The van der Waals surface area contributed by atoms with E-state index in [9.17, 15) is 10.1 Å². The molecule has 0 aliphatic carbocycles. The van der Waals surface area contributed by atoms with Crippen LogP contribution in [-0.2, 0) is 0 Å². The Kier molecular flexibility index (Phi) is 2.44. The van der Waals surface area contributed by atoms with Crippen LogP contribution in [0.1, 0.15) is 13.8 Å². The second kappa shape index (κ2) is 3.77. The van der Waals surface area contributed by atoms with Crippen molar-refractivity contribution in [3.63, 3.8) is 0 Å². The summed E-state index contributed by atoms with van der Waals surface area (Å²) in [7, 11) is 0. The number of hydrogen-bond acceptors (Lipinski definition) is 4. The van der Waals surface area contributed by atoms with Gasteiger partial charge >= 0.3 is 0 Å². The maximum Gasteiger partial charge on any atom is 0.271 e. The minimum Gasteiger partial charge on any atom is -0.357 e. The summed E-state index contributed by atoms with van der Waals surface area (Å²) >= 11 is 0. The zero-order chi connectivity index (χ0) is 11.7. The van der Waals surface area contributed by atoms with E-state index in [0.717, 1.165) is 17.1 Å². The summed E-state index contributed by atoms with van der Waals surface area (Å²) in [6.45, 7) is 3.79. The van der Waals surface area contributed by atoms with Crippen LogP contribution < -0.4 is 5.32 Å². The predicted octanol–water partition coefficient (Wildman–Crippen LogP) is 3.02. The number of nitro groups is 1. The minimum atomic E-state index is -0.414. The van der Waals surface area contributed by atoms with E-state index < -0.39 is 4.92 Å². The van der Waals surface area contributed by atoms with Gasteiger partial charge in [0.15, 0.2) is 0 Å². The van der Waals surface area contributed by atoms with Crippen LogP contribution in [-0.4, -0.2) is 10.6 Å². The summed E-state index contributed by atoms with van der Waals surface area (Å²) < 4.78 is 0. The number of nitrogens with one attached hydrogen (secondary N) is 1. The van der Waals surface area contributed by atoms with Crippen molar-refractivity contribution < 1.29 is 4.92 Å². The molecule has 16 heavy (non-hydrogen) atoms. The first-order chi connectivity index (χ1) is 7.56. The molecular formula is C11H11N3O2. The second-order valence-electron chi connectivity index (χ2n) is 3.66. The molecule has 0 bridgehead atoms. The van der Waals surface area contributed by atoms with Gasteiger partial charge in [0.2, 0.25) is 0 Å². The Balaban J connectivity index is 2.53. The van der Waals surface area contributed by atoms with E-state index in [1.165, 1.54) is 12.1 Å². The zero-order valence-electron chi connectivity index (χ0n) is 9.02. The van der Waals surface area contributed by atoms with E-state index >= 15 is 0 Å². The third-order valence-electron chi connectivity index (χ3n) is 2.24. The van der Waals surface area contributed by atoms with Crippen LogP contribution in [0, 0.1) is 10.1 Å². The lowest BCUT2D eigenvalue weighted by atomic mass is 10.2. The topological polar surface area (TPSA) is 67.5 Å². The maximum atomic E-state index is 10.6. The van der Waals surface area contributed by atoms with Crippen LogP contribution in [0.4, 0.5) is 17.1 Å². The largest absolute Gasteiger partial charge is 0.357 e. The van der Waals surface area contributed by atoms with Crippen LogP contribution in [0.25, 0.3) is 0 Å². The Labute approximate surface area is 92.7 Å². The summed E-state index contributed by atoms with van der Waals surface area (Å²) in [6, 6.07) is 4.60. The SMILES string of the molecule is CC1=CC(C)=Nc2ccc([N+](=O)[O-])cc2N1. The molecular weight excluding hydrogens is 206 g/mol. The van der Waals surface area contributed by atoms with Gasteiger partial charge in [-0.25, -0.2) is 0 Å². The van der Waals surface area contributed by atoms with Crippen LogP contribution >= 0.6 is 0 Å².